The number of nitrogens with two attached hydrogens (primary N) is 1. The third-order valence-corrected chi connectivity index (χ3v) is 2.04. The number of aliphatic hydroxyl groups is 1. The first kappa shape index (κ1) is 8.92. The first-order valence-corrected chi connectivity index (χ1v) is 3.21. The minimum Gasteiger partial charge on any atom is -0.394 e. The quantitative estimate of drug-likeness (QED) is 0.551. The molecule has 9 heavy (non-hydrogen) atoms. The summed E-state index contributed by atoms with van der Waals surface area (Å²) in [5, 5.41) is 8.80. The van der Waals surface area contributed by atoms with Gasteiger partial charge in [0.2, 0.25) is 0 Å². The summed E-state index contributed by atoms with van der Waals surface area (Å²) in [5.41, 5.74) is 5.25. The van der Waals surface area contributed by atoms with Gasteiger partial charge in [0.1, 0.15) is 0 Å². The van der Waals surface area contributed by atoms with Gasteiger partial charge in [-0.3, -0.25) is 0 Å². The van der Waals surface area contributed by atoms with Gasteiger partial charge in [0.05, 0.1) is 6.61 Å². The Morgan fingerprint density at radius 1 is 1.22 bits per heavy atom. The zero-order valence-electron chi connectivity index (χ0n) is 6.73. The van der Waals surface area contributed by atoms with Gasteiger partial charge in [-0.2, -0.15) is 0 Å². The van der Waals surface area contributed by atoms with E-state index in [9.17, 15) is 0 Å². The van der Waals surface area contributed by atoms with Crippen molar-refractivity contribution in [3.63, 3.8) is 0 Å². The summed E-state index contributed by atoms with van der Waals surface area (Å²) in [7, 11) is 0. The molecule has 0 aromatic heterocycles. The smallest absolute Gasteiger partial charge is 0.0613 e. The zero-order valence-corrected chi connectivity index (χ0v) is 6.73. The Hall–Kier alpha value is -0.0800. The van der Waals surface area contributed by atoms with Gasteiger partial charge in [-0.15, -0.1) is 0 Å². The number of aliphatic hydroxyl groups excluding tert-OH is 1. The molecule has 0 saturated heterocycles. The van der Waals surface area contributed by atoms with Gasteiger partial charge in [0.15, 0.2) is 0 Å². The zero-order chi connectivity index (χ0) is 7.71. The van der Waals surface area contributed by atoms with Crippen molar-refractivity contribution in [2.24, 2.45) is 11.1 Å². The van der Waals surface area contributed by atoms with Crippen LogP contribution in [-0.2, 0) is 0 Å². The van der Waals surface area contributed by atoms with Crippen LogP contribution in [0.15, 0.2) is 0 Å². The Labute approximate surface area is 57.1 Å². The average molecular weight is 131 g/mol. The first-order chi connectivity index (χ1) is 3.81. The topological polar surface area (TPSA) is 46.2 Å². The van der Waals surface area contributed by atoms with Gasteiger partial charge in [0, 0.05) is 5.54 Å². The van der Waals surface area contributed by atoms with Crippen LogP contribution in [0.5, 0.6) is 0 Å². The Bertz CT molecular complexity index is 91.6. The predicted octanol–water partition coefficient (Wildman–Crippen LogP) is 0.742. The second kappa shape index (κ2) is 2.27. The molecule has 0 rings (SSSR count). The number of hydrogen-bond acceptors (Lipinski definition) is 2. The van der Waals surface area contributed by atoms with Crippen LogP contribution in [0.25, 0.3) is 0 Å². The van der Waals surface area contributed by atoms with Gasteiger partial charge >= 0.3 is 0 Å². The lowest BCUT2D eigenvalue weighted by Crippen LogP contribution is -2.51. The highest BCUT2D eigenvalue weighted by molar-refractivity contribution is 4.89. The highest BCUT2D eigenvalue weighted by Gasteiger charge is 2.32. The monoisotopic (exact) mass is 131 g/mol. The molecule has 0 fully saturated rings. The SMILES string of the molecule is CC(C)(C)[C@](C)(N)CO. The fourth-order valence-electron chi connectivity index (χ4n) is 0.237. The first-order valence-electron chi connectivity index (χ1n) is 3.21. The van der Waals surface area contributed by atoms with Crippen LogP contribution in [0.1, 0.15) is 27.7 Å². The lowest BCUT2D eigenvalue weighted by molar-refractivity contribution is 0.111. The van der Waals surface area contributed by atoms with Crippen LogP contribution in [0.4, 0.5) is 0 Å². The molecule has 0 bridgehead atoms. The van der Waals surface area contributed by atoms with Crippen LogP contribution >= 0.6 is 0 Å². The molecule has 1 atom stereocenters. The minimum absolute atomic E-state index is 0.0260. The standard InChI is InChI=1S/C7H17NO/c1-6(2,3)7(4,8)5-9/h9H,5,8H2,1-4H3/t7-/m1/s1. The van der Waals surface area contributed by atoms with E-state index >= 15 is 0 Å². The molecule has 0 spiro atoms. The molecular formula is C7H17NO. The van der Waals surface area contributed by atoms with Gasteiger partial charge < -0.3 is 10.8 Å². The van der Waals surface area contributed by atoms with E-state index in [0.717, 1.165) is 0 Å². The predicted molar refractivity (Wildman–Crippen MR) is 39.1 cm³/mol. The van der Waals surface area contributed by atoms with E-state index in [1.165, 1.54) is 0 Å². The molecule has 56 valence electrons. The Balaban J connectivity index is 4.14. The van der Waals surface area contributed by atoms with Crippen molar-refractivity contribution in [2.45, 2.75) is 33.2 Å². The highest BCUT2D eigenvalue weighted by atomic mass is 16.3. The molecule has 0 radical (unpaired) electrons. The molecule has 3 N–H and O–H groups in total. The average Bonchev–Trinajstić information content (AvgIpc) is 1.64. The van der Waals surface area contributed by atoms with Crippen molar-refractivity contribution >= 4 is 0 Å². The minimum atomic E-state index is -0.465. The van der Waals surface area contributed by atoms with Crippen LogP contribution in [0.2, 0.25) is 0 Å². The normalized spacial score (nSPS) is 19.3. The third-order valence-electron chi connectivity index (χ3n) is 2.04. The molecule has 0 unspecified atom stereocenters. The van der Waals surface area contributed by atoms with Crippen molar-refractivity contribution in [3.8, 4) is 0 Å². The van der Waals surface area contributed by atoms with Gasteiger partial charge in [0.25, 0.3) is 0 Å². The summed E-state index contributed by atoms with van der Waals surface area (Å²) >= 11 is 0. The molecule has 0 aliphatic heterocycles. The van der Waals surface area contributed by atoms with E-state index in [1.807, 2.05) is 27.7 Å². The molecule has 0 aliphatic carbocycles. The molecule has 0 heterocycles. The third kappa shape index (κ3) is 1.95. The second-order valence-electron chi connectivity index (χ2n) is 3.83. The van der Waals surface area contributed by atoms with Crippen molar-refractivity contribution in [2.75, 3.05) is 6.61 Å². The Kier molecular flexibility index (Phi) is 2.25. The van der Waals surface area contributed by atoms with Crippen LogP contribution < -0.4 is 5.73 Å². The molecule has 2 nitrogen and oxygen atoms in total. The van der Waals surface area contributed by atoms with E-state index in [2.05, 4.69) is 0 Å². The summed E-state index contributed by atoms with van der Waals surface area (Å²) in [6.07, 6.45) is 0. The molecule has 0 saturated carbocycles. The van der Waals surface area contributed by atoms with E-state index in [-0.39, 0.29) is 12.0 Å². The van der Waals surface area contributed by atoms with Crippen molar-refractivity contribution in [1.29, 1.82) is 0 Å². The van der Waals surface area contributed by atoms with Crippen molar-refractivity contribution in [3.05, 3.63) is 0 Å². The molecular weight excluding hydrogens is 114 g/mol. The van der Waals surface area contributed by atoms with Crippen molar-refractivity contribution < 1.29 is 5.11 Å². The van der Waals surface area contributed by atoms with Crippen molar-refractivity contribution in [1.82, 2.24) is 0 Å². The summed E-state index contributed by atoms with van der Waals surface area (Å²) in [5.74, 6) is 0. The summed E-state index contributed by atoms with van der Waals surface area (Å²) in [6.45, 7) is 7.94. The fourth-order valence-corrected chi connectivity index (χ4v) is 0.237. The lowest BCUT2D eigenvalue weighted by Gasteiger charge is -2.36. The van der Waals surface area contributed by atoms with E-state index in [4.69, 9.17) is 10.8 Å². The maximum absolute atomic E-state index is 8.80. The van der Waals surface area contributed by atoms with Crippen LogP contribution in [0, 0.1) is 5.41 Å². The van der Waals surface area contributed by atoms with Crippen LogP contribution in [-0.4, -0.2) is 17.3 Å². The Morgan fingerprint density at radius 2 is 1.56 bits per heavy atom. The maximum Gasteiger partial charge on any atom is 0.0613 e. The Morgan fingerprint density at radius 3 is 1.56 bits per heavy atom. The number of rotatable bonds is 1. The van der Waals surface area contributed by atoms with E-state index in [1.54, 1.807) is 0 Å². The molecule has 0 amide bonds. The van der Waals surface area contributed by atoms with E-state index < -0.39 is 5.54 Å². The van der Waals surface area contributed by atoms with Gasteiger partial charge in [-0.25, -0.2) is 0 Å². The number of hydrogen-bond donors (Lipinski definition) is 2. The van der Waals surface area contributed by atoms with Gasteiger partial charge in [-0.05, 0) is 12.3 Å². The summed E-state index contributed by atoms with van der Waals surface area (Å²) in [6, 6.07) is 0. The van der Waals surface area contributed by atoms with Gasteiger partial charge in [-0.1, -0.05) is 20.8 Å². The fraction of sp³-hybridized carbons (Fsp3) is 1.00. The lowest BCUT2D eigenvalue weighted by atomic mass is 9.76. The second-order valence-corrected chi connectivity index (χ2v) is 3.83. The molecule has 0 aliphatic rings. The summed E-state index contributed by atoms with van der Waals surface area (Å²) < 4.78 is 0. The summed E-state index contributed by atoms with van der Waals surface area (Å²) in [4.78, 5) is 0. The molecule has 0 aromatic carbocycles. The maximum atomic E-state index is 8.80. The molecule has 0 aromatic rings. The molecule has 2 heteroatoms. The van der Waals surface area contributed by atoms with Crippen LogP contribution in [0.3, 0.4) is 0 Å². The van der Waals surface area contributed by atoms with E-state index in [0.29, 0.717) is 0 Å². The highest BCUT2D eigenvalue weighted by Crippen LogP contribution is 2.26. The largest absolute Gasteiger partial charge is 0.394 e.